The van der Waals surface area contributed by atoms with Gasteiger partial charge in [0.25, 0.3) is 0 Å². The van der Waals surface area contributed by atoms with Gasteiger partial charge in [-0.25, -0.2) is 4.39 Å². The Hall–Kier alpha value is -0.570. The molecule has 1 aliphatic heterocycles. The molecule has 1 atom stereocenters. The predicted molar refractivity (Wildman–Crippen MR) is 48.2 cm³/mol. The zero-order chi connectivity index (χ0) is 8.55. The van der Waals surface area contributed by atoms with Crippen LogP contribution in [0.1, 0.15) is 5.56 Å². The molecule has 0 saturated heterocycles. The van der Waals surface area contributed by atoms with Crippen molar-refractivity contribution in [3.63, 3.8) is 0 Å². The van der Waals surface area contributed by atoms with Crippen LogP contribution in [0.15, 0.2) is 22.7 Å². The highest BCUT2D eigenvalue weighted by atomic mass is 79.9. The third-order valence-corrected chi connectivity index (χ3v) is 2.38. The van der Waals surface area contributed by atoms with Crippen molar-refractivity contribution in [3.05, 3.63) is 28.2 Å². The molecule has 64 valence electrons. The molecule has 2 rings (SSSR count). The van der Waals surface area contributed by atoms with Crippen molar-refractivity contribution in [2.45, 2.75) is 12.6 Å². The molecule has 1 aromatic carbocycles. The van der Waals surface area contributed by atoms with Crippen LogP contribution in [0, 0.1) is 0 Å². The maximum atomic E-state index is 12.9. The van der Waals surface area contributed by atoms with Crippen molar-refractivity contribution >= 4 is 15.9 Å². The fourth-order valence-corrected chi connectivity index (χ4v) is 1.73. The van der Waals surface area contributed by atoms with E-state index < -0.39 is 6.17 Å². The van der Waals surface area contributed by atoms with Crippen molar-refractivity contribution in [3.8, 4) is 5.75 Å². The van der Waals surface area contributed by atoms with Gasteiger partial charge < -0.3 is 4.74 Å². The summed E-state index contributed by atoms with van der Waals surface area (Å²) in [5.41, 5.74) is 0.947. The van der Waals surface area contributed by atoms with Crippen LogP contribution in [0.5, 0.6) is 5.75 Å². The van der Waals surface area contributed by atoms with E-state index in [2.05, 4.69) is 15.9 Å². The third-order valence-electron chi connectivity index (χ3n) is 1.88. The van der Waals surface area contributed by atoms with Gasteiger partial charge in [0.2, 0.25) is 0 Å². The van der Waals surface area contributed by atoms with Crippen molar-refractivity contribution in [2.75, 3.05) is 6.61 Å². The zero-order valence-corrected chi connectivity index (χ0v) is 7.97. The summed E-state index contributed by atoms with van der Waals surface area (Å²) in [6.07, 6.45) is -0.388. The van der Waals surface area contributed by atoms with E-state index in [0.717, 1.165) is 15.8 Å². The summed E-state index contributed by atoms with van der Waals surface area (Å²) in [5, 5.41) is 0. The van der Waals surface area contributed by atoms with E-state index in [4.69, 9.17) is 4.74 Å². The van der Waals surface area contributed by atoms with Gasteiger partial charge in [-0.15, -0.1) is 0 Å². The summed E-state index contributed by atoms with van der Waals surface area (Å²) < 4.78 is 19.0. The molecule has 0 spiro atoms. The number of halogens is 2. The van der Waals surface area contributed by atoms with E-state index in [-0.39, 0.29) is 6.61 Å². The average Bonchev–Trinajstić information content (AvgIpc) is 2.03. The lowest BCUT2D eigenvalue weighted by molar-refractivity contribution is 0.173. The minimum atomic E-state index is -0.855. The summed E-state index contributed by atoms with van der Waals surface area (Å²) in [7, 11) is 0. The second kappa shape index (κ2) is 3.05. The minimum absolute atomic E-state index is 0.189. The molecular weight excluding hydrogens is 223 g/mol. The Labute approximate surface area is 78.7 Å². The van der Waals surface area contributed by atoms with E-state index in [9.17, 15) is 4.39 Å². The molecule has 1 heterocycles. The first-order valence-corrected chi connectivity index (χ1v) is 4.60. The first-order valence-electron chi connectivity index (χ1n) is 3.81. The lowest BCUT2D eigenvalue weighted by Crippen LogP contribution is -2.21. The highest BCUT2D eigenvalue weighted by Gasteiger charge is 2.18. The number of hydrogen-bond donors (Lipinski definition) is 0. The fraction of sp³-hybridized carbons (Fsp3) is 0.333. The average molecular weight is 231 g/mol. The van der Waals surface area contributed by atoms with Crippen LogP contribution in [0.4, 0.5) is 4.39 Å². The Balaban J connectivity index is 2.37. The topological polar surface area (TPSA) is 9.23 Å². The molecule has 0 saturated carbocycles. The van der Waals surface area contributed by atoms with Crippen LogP contribution >= 0.6 is 15.9 Å². The molecule has 0 aliphatic carbocycles. The van der Waals surface area contributed by atoms with Crippen LogP contribution in [-0.4, -0.2) is 12.8 Å². The molecule has 3 heteroatoms. The fourth-order valence-electron chi connectivity index (χ4n) is 1.33. The maximum absolute atomic E-state index is 12.9. The van der Waals surface area contributed by atoms with Gasteiger partial charge in [-0.3, -0.25) is 0 Å². The SMILES string of the molecule is F[C@H]1COc2ccc(Br)cc2C1. The first-order chi connectivity index (χ1) is 5.75. The van der Waals surface area contributed by atoms with Crippen molar-refractivity contribution in [1.82, 2.24) is 0 Å². The summed E-state index contributed by atoms with van der Waals surface area (Å²) in [4.78, 5) is 0. The molecule has 12 heavy (non-hydrogen) atoms. The molecule has 0 N–H and O–H groups in total. The zero-order valence-electron chi connectivity index (χ0n) is 6.39. The lowest BCUT2D eigenvalue weighted by Gasteiger charge is -2.20. The Morgan fingerprint density at radius 3 is 3.17 bits per heavy atom. The number of benzene rings is 1. The minimum Gasteiger partial charge on any atom is -0.490 e. The third kappa shape index (κ3) is 1.46. The molecular formula is C9H8BrFO. The highest BCUT2D eigenvalue weighted by Crippen LogP contribution is 2.28. The van der Waals surface area contributed by atoms with E-state index in [1.165, 1.54) is 0 Å². The first kappa shape index (κ1) is 8.05. The molecule has 0 aromatic heterocycles. The molecule has 0 bridgehead atoms. The van der Waals surface area contributed by atoms with Crippen LogP contribution < -0.4 is 4.74 Å². The molecule has 0 amide bonds. The van der Waals surface area contributed by atoms with E-state index in [1.54, 1.807) is 0 Å². The van der Waals surface area contributed by atoms with Crippen molar-refractivity contribution in [2.24, 2.45) is 0 Å². The van der Waals surface area contributed by atoms with Gasteiger partial charge in [0.1, 0.15) is 18.5 Å². The second-order valence-corrected chi connectivity index (χ2v) is 3.78. The molecule has 1 aliphatic rings. The number of alkyl halides is 1. The van der Waals surface area contributed by atoms with Crippen molar-refractivity contribution < 1.29 is 9.13 Å². The van der Waals surface area contributed by atoms with Gasteiger partial charge in [-0.2, -0.15) is 0 Å². The smallest absolute Gasteiger partial charge is 0.138 e. The van der Waals surface area contributed by atoms with Crippen LogP contribution in [0.25, 0.3) is 0 Å². The Kier molecular flexibility index (Phi) is 2.05. The van der Waals surface area contributed by atoms with E-state index in [0.29, 0.717) is 6.42 Å². The molecule has 0 fully saturated rings. The summed E-state index contributed by atoms with van der Waals surface area (Å²) >= 11 is 3.33. The van der Waals surface area contributed by atoms with Crippen LogP contribution in [0.3, 0.4) is 0 Å². The van der Waals surface area contributed by atoms with Gasteiger partial charge in [-0.1, -0.05) is 15.9 Å². The largest absolute Gasteiger partial charge is 0.490 e. The Morgan fingerprint density at radius 2 is 2.33 bits per heavy atom. The van der Waals surface area contributed by atoms with E-state index >= 15 is 0 Å². The molecule has 0 unspecified atom stereocenters. The summed E-state index contributed by atoms with van der Waals surface area (Å²) in [5.74, 6) is 0.812. The standard InChI is InChI=1S/C9H8BrFO/c10-7-1-2-9-6(3-7)4-8(11)5-12-9/h1-3,8H,4-5H2/t8-/m1/s1. The van der Waals surface area contributed by atoms with Gasteiger partial charge in [0.05, 0.1) is 0 Å². The Morgan fingerprint density at radius 1 is 1.50 bits per heavy atom. The second-order valence-electron chi connectivity index (χ2n) is 2.86. The molecule has 0 radical (unpaired) electrons. The normalized spacial score (nSPS) is 21.3. The van der Waals surface area contributed by atoms with E-state index in [1.807, 2.05) is 18.2 Å². The number of hydrogen-bond acceptors (Lipinski definition) is 1. The lowest BCUT2D eigenvalue weighted by atomic mass is 10.1. The van der Waals surface area contributed by atoms with Gasteiger partial charge in [-0.05, 0) is 23.8 Å². The summed E-state index contributed by atoms with van der Waals surface area (Å²) in [6, 6.07) is 5.67. The maximum Gasteiger partial charge on any atom is 0.138 e. The quantitative estimate of drug-likeness (QED) is 0.667. The molecule has 1 aromatic rings. The Bertz CT molecular complexity index is 301. The van der Waals surface area contributed by atoms with Gasteiger partial charge in [0.15, 0.2) is 0 Å². The number of fused-ring (bicyclic) bond motifs is 1. The van der Waals surface area contributed by atoms with Crippen LogP contribution in [-0.2, 0) is 6.42 Å². The van der Waals surface area contributed by atoms with Crippen LogP contribution in [0.2, 0.25) is 0 Å². The number of rotatable bonds is 0. The van der Waals surface area contributed by atoms with Gasteiger partial charge in [0, 0.05) is 10.9 Å². The van der Waals surface area contributed by atoms with Gasteiger partial charge >= 0.3 is 0 Å². The predicted octanol–water partition coefficient (Wildman–Crippen LogP) is 2.72. The number of ether oxygens (including phenoxy) is 1. The summed E-state index contributed by atoms with van der Waals surface area (Å²) in [6.45, 7) is 0.189. The van der Waals surface area contributed by atoms with Crippen molar-refractivity contribution in [1.29, 1.82) is 0 Å². The highest BCUT2D eigenvalue weighted by molar-refractivity contribution is 9.10. The monoisotopic (exact) mass is 230 g/mol. The molecule has 1 nitrogen and oxygen atoms in total.